The first-order valence-electron chi connectivity index (χ1n) is 14.7. The summed E-state index contributed by atoms with van der Waals surface area (Å²) in [7, 11) is 1.64. The lowest BCUT2D eigenvalue weighted by Gasteiger charge is -2.35. The molecule has 0 aromatic heterocycles. The molecule has 0 saturated carbocycles. The standard InChI is InChI=1S/C34H38N4O6S/c1-22(2)28(36-34(44)37(3)20-24-15-9-5-10-16-24)31(41)38-27(21-45-32(38)25-17-11-6-12-18-25)30(40)35-26(29(39)33(42)43)19-23-13-7-4-8-14-23/h4-18,22,26-28,32H,19-21H2,1-3H3,(H,35,40)(H,36,44)(H,42,43)/t26-,27-,28-,32?/m0/s1. The molecule has 4 amide bonds. The van der Waals surface area contributed by atoms with Gasteiger partial charge in [-0.3, -0.25) is 14.4 Å². The maximum Gasteiger partial charge on any atom is 0.374 e. The van der Waals surface area contributed by atoms with E-state index in [0.29, 0.717) is 12.1 Å². The van der Waals surface area contributed by atoms with Gasteiger partial charge in [-0.15, -0.1) is 11.8 Å². The van der Waals surface area contributed by atoms with Crippen molar-refractivity contribution in [1.82, 2.24) is 20.4 Å². The van der Waals surface area contributed by atoms with E-state index in [0.717, 1.165) is 11.1 Å². The van der Waals surface area contributed by atoms with Gasteiger partial charge in [0.15, 0.2) is 0 Å². The molecule has 0 radical (unpaired) electrons. The number of urea groups is 1. The van der Waals surface area contributed by atoms with E-state index in [1.54, 1.807) is 37.4 Å². The van der Waals surface area contributed by atoms with Gasteiger partial charge in [0.05, 0.1) is 0 Å². The van der Waals surface area contributed by atoms with Crippen LogP contribution in [-0.2, 0) is 32.1 Å². The Morgan fingerprint density at radius 3 is 1.98 bits per heavy atom. The number of hydrogen-bond acceptors (Lipinski definition) is 6. The maximum atomic E-state index is 14.4. The lowest BCUT2D eigenvalue weighted by atomic mass is 10.00. The second kappa shape index (κ2) is 15.4. The zero-order chi connectivity index (χ0) is 32.5. The SMILES string of the molecule is CC(C)[C@H](NC(=O)N(C)Cc1ccccc1)C(=O)N1C(c2ccccc2)SC[C@H]1C(=O)N[C@@H](Cc1ccccc1)C(=O)C(=O)O. The molecule has 0 aliphatic carbocycles. The summed E-state index contributed by atoms with van der Waals surface area (Å²) in [5, 5.41) is 14.4. The van der Waals surface area contributed by atoms with Gasteiger partial charge in [0.1, 0.15) is 23.5 Å². The highest BCUT2D eigenvalue weighted by atomic mass is 32.2. The topological polar surface area (TPSA) is 136 Å². The van der Waals surface area contributed by atoms with Gasteiger partial charge < -0.3 is 25.5 Å². The molecule has 4 rings (SSSR count). The third kappa shape index (κ3) is 8.51. The molecule has 0 spiro atoms. The van der Waals surface area contributed by atoms with Crippen molar-refractivity contribution >= 4 is 41.4 Å². The number of ketones is 1. The number of thioether (sulfide) groups is 1. The van der Waals surface area contributed by atoms with Crippen LogP contribution in [0.25, 0.3) is 0 Å². The van der Waals surface area contributed by atoms with Crippen LogP contribution in [0.3, 0.4) is 0 Å². The van der Waals surface area contributed by atoms with E-state index in [2.05, 4.69) is 10.6 Å². The molecular weight excluding hydrogens is 592 g/mol. The molecule has 0 bridgehead atoms. The second-order valence-electron chi connectivity index (χ2n) is 11.3. The molecule has 10 nitrogen and oxygen atoms in total. The summed E-state index contributed by atoms with van der Waals surface area (Å²) in [5.74, 6) is -4.01. The van der Waals surface area contributed by atoms with E-state index in [4.69, 9.17) is 0 Å². The van der Waals surface area contributed by atoms with Gasteiger partial charge in [0.25, 0.3) is 5.78 Å². The average molecular weight is 631 g/mol. The highest BCUT2D eigenvalue weighted by Crippen LogP contribution is 2.42. The molecule has 1 unspecified atom stereocenters. The van der Waals surface area contributed by atoms with E-state index in [9.17, 15) is 29.1 Å². The minimum atomic E-state index is -1.66. The van der Waals surface area contributed by atoms with Gasteiger partial charge in [-0.1, -0.05) is 105 Å². The molecule has 11 heteroatoms. The lowest BCUT2D eigenvalue weighted by molar-refractivity contribution is -0.151. The molecule has 4 atom stereocenters. The van der Waals surface area contributed by atoms with Crippen molar-refractivity contribution in [2.45, 2.75) is 50.3 Å². The molecule has 3 N–H and O–H groups in total. The van der Waals surface area contributed by atoms with E-state index in [1.807, 2.05) is 74.5 Å². The number of hydrogen-bond donors (Lipinski definition) is 3. The predicted octanol–water partition coefficient (Wildman–Crippen LogP) is 3.88. The summed E-state index contributed by atoms with van der Waals surface area (Å²) < 4.78 is 0. The third-order valence-electron chi connectivity index (χ3n) is 7.59. The molecule has 3 aromatic rings. The van der Waals surface area contributed by atoms with Crippen LogP contribution in [0.5, 0.6) is 0 Å². The van der Waals surface area contributed by atoms with Crippen LogP contribution < -0.4 is 10.6 Å². The first-order chi connectivity index (χ1) is 21.6. The molecule has 3 aromatic carbocycles. The van der Waals surface area contributed by atoms with Gasteiger partial charge in [0, 0.05) is 25.8 Å². The Labute approximate surface area is 267 Å². The monoisotopic (exact) mass is 630 g/mol. The minimum Gasteiger partial charge on any atom is -0.475 e. The summed E-state index contributed by atoms with van der Waals surface area (Å²) in [6.07, 6.45) is -0.0218. The van der Waals surface area contributed by atoms with Crippen LogP contribution in [0, 0.1) is 5.92 Å². The Kier molecular flexibility index (Phi) is 11.4. The lowest BCUT2D eigenvalue weighted by Crippen LogP contribution is -2.59. The number of aliphatic carboxylic acids is 1. The van der Waals surface area contributed by atoms with Gasteiger partial charge in [-0.05, 0) is 22.6 Å². The fraction of sp³-hybridized carbons (Fsp3) is 0.324. The molecule has 236 valence electrons. The van der Waals surface area contributed by atoms with Crippen LogP contribution in [0.15, 0.2) is 91.0 Å². The summed E-state index contributed by atoms with van der Waals surface area (Å²) in [6, 6.07) is 23.8. The zero-order valence-electron chi connectivity index (χ0n) is 25.5. The Bertz CT molecular complexity index is 1490. The quantitative estimate of drug-likeness (QED) is 0.259. The van der Waals surface area contributed by atoms with Gasteiger partial charge >= 0.3 is 12.0 Å². The van der Waals surface area contributed by atoms with Crippen molar-refractivity contribution in [3.63, 3.8) is 0 Å². The van der Waals surface area contributed by atoms with Crippen molar-refractivity contribution in [2.75, 3.05) is 12.8 Å². The molecule has 1 aliphatic heterocycles. The molecular formula is C34H38N4O6S. The van der Waals surface area contributed by atoms with Crippen molar-refractivity contribution in [1.29, 1.82) is 0 Å². The van der Waals surface area contributed by atoms with Gasteiger partial charge in [0.2, 0.25) is 11.8 Å². The van der Waals surface area contributed by atoms with Gasteiger partial charge in [-0.25, -0.2) is 9.59 Å². The number of rotatable bonds is 12. The van der Waals surface area contributed by atoms with E-state index in [-0.39, 0.29) is 18.1 Å². The number of carbonyl (C=O) groups is 5. The Balaban J connectivity index is 1.59. The Morgan fingerprint density at radius 2 is 1.42 bits per heavy atom. The third-order valence-corrected chi connectivity index (χ3v) is 8.91. The van der Waals surface area contributed by atoms with E-state index >= 15 is 0 Å². The molecule has 1 fully saturated rings. The first kappa shape index (κ1) is 33.3. The van der Waals surface area contributed by atoms with Crippen LogP contribution in [-0.4, -0.2) is 75.4 Å². The number of nitrogens with one attached hydrogen (secondary N) is 2. The van der Waals surface area contributed by atoms with Crippen LogP contribution in [0.2, 0.25) is 0 Å². The normalized spacial score (nSPS) is 17.3. The van der Waals surface area contributed by atoms with Gasteiger partial charge in [-0.2, -0.15) is 0 Å². The van der Waals surface area contributed by atoms with Crippen molar-refractivity contribution < 1.29 is 29.1 Å². The number of amides is 4. The highest BCUT2D eigenvalue weighted by Gasteiger charge is 2.46. The fourth-order valence-corrected chi connectivity index (χ4v) is 6.61. The second-order valence-corrected chi connectivity index (χ2v) is 12.4. The summed E-state index contributed by atoms with van der Waals surface area (Å²) in [4.78, 5) is 68.7. The van der Waals surface area contributed by atoms with Crippen LogP contribution in [0.4, 0.5) is 4.79 Å². The Hall–Kier alpha value is -4.64. The molecule has 1 heterocycles. The number of carboxylic acid groups (broad SMARTS) is 1. The highest BCUT2D eigenvalue weighted by molar-refractivity contribution is 7.99. The zero-order valence-corrected chi connectivity index (χ0v) is 26.3. The average Bonchev–Trinajstić information content (AvgIpc) is 3.49. The maximum absolute atomic E-state index is 14.4. The van der Waals surface area contributed by atoms with Crippen LogP contribution in [0.1, 0.15) is 35.9 Å². The number of carbonyl (C=O) groups excluding carboxylic acids is 4. The largest absolute Gasteiger partial charge is 0.475 e. The fourth-order valence-electron chi connectivity index (χ4n) is 5.17. The summed E-state index contributed by atoms with van der Waals surface area (Å²) in [6.45, 7) is 3.97. The van der Waals surface area contributed by atoms with Crippen molar-refractivity contribution in [3.05, 3.63) is 108 Å². The molecule has 45 heavy (non-hydrogen) atoms. The summed E-state index contributed by atoms with van der Waals surface area (Å²) in [5.41, 5.74) is 2.40. The molecule has 1 saturated heterocycles. The smallest absolute Gasteiger partial charge is 0.374 e. The number of carboxylic acids is 1. The van der Waals surface area contributed by atoms with Crippen molar-refractivity contribution in [3.8, 4) is 0 Å². The number of Topliss-reactive ketones (excluding diaryl/α,β-unsaturated/α-hetero) is 1. The minimum absolute atomic E-state index is 0.0218. The van der Waals surface area contributed by atoms with Crippen LogP contribution >= 0.6 is 11.8 Å². The number of nitrogens with zero attached hydrogens (tertiary/aromatic N) is 2. The predicted molar refractivity (Wildman–Crippen MR) is 172 cm³/mol. The number of benzene rings is 3. The van der Waals surface area contributed by atoms with Crippen molar-refractivity contribution in [2.24, 2.45) is 5.92 Å². The van der Waals surface area contributed by atoms with E-state index < -0.39 is 53.1 Å². The summed E-state index contributed by atoms with van der Waals surface area (Å²) >= 11 is 1.39. The first-order valence-corrected chi connectivity index (χ1v) is 15.8. The molecule has 1 aliphatic rings. The Morgan fingerprint density at radius 1 is 0.867 bits per heavy atom. The van der Waals surface area contributed by atoms with E-state index in [1.165, 1.54) is 21.6 Å².